The summed E-state index contributed by atoms with van der Waals surface area (Å²) in [5, 5.41) is 36.9. The van der Waals surface area contributed by atoms with Crippen molar-refractivity contribution < 1.29 is 14.9 Å². The molecule has 1 atom stereocenters. The average Bonchev–Trinajstić information content (AvgIpc) is 2.40. The molecule has 0 aliphatic heterocycles. The van der Waals surface area contributed by atoms with Crippen molar-refractivity contribution in [2.75, 3.05) is 6.61 Å². The molecule has 2 N–H and O–H groups in total. The van der Waals surface area contributed by atoms with Crippen molar-refractivity contribution in [3.05, 3.63) is 52.0 Å². The predicted molar refractivity (Wildman–Crippen MR) is 62.5 cm³/mol. The van der Waals surface area contributed by atoms with Crippen molar-refractivity contribution in [3.8, 4) is 6.07 Å². The van der Waals surface area contributed by atoms with E-state index in [0.29, 0.717) is 11.1 Å². The molecule has 6 nitrogen and oxygen atoms in total. The lowest BCUT2D eigenvalue weighted by Crippen LogP contribution is -2.04. The minimum atomic E-state index is -1.38. The number of hydrogen-bond acceptors (Lipinski definition) is 5. The Labute approximate surface area is 104 Å². The maximum absolute atomic E-state index is 9.94. The van der Waals surface area contributed by atoms with Crippen LogP contribution >= 0.6 is 0 Å². The maximum Gasteiger partial charge on any atom is 0.472 e. The number of diazo groups is 1. The van der Waals surface area contributed by atoms with Crippen molar-refractivity contribution in [2.45, 2.75) is 13.0 Å². The number of nitriles is 1. The lowest BCUT2D eigenvalue weighted by molar-refractivity contribution is 0.0874. The van der Waals surface area contributed by atoms with Gasteiger partial charge in [0.2, 0.25) is 5.39 Å². The molecule has 0 bridgehead atoms. The van der Waals surface area contributed by atoms with E-state index in [0.717, 1.165) is 0 Å². The standard InChI is InChI=1S/C12H11N3O3/c1-2-18-12(17)10(15-14)11(16)9-5-3-4-8(6-9)7-13/h3-6,11,16H,2H2,1H3/p+1/b12-10-. The molecule has 0 saturated heterocycles. The third-order valence-electron chi connectivity index (χ3n) is 2.20. The number of aliphatic hydroxyl groups is 2. The summed E-state index contributed by atoms with van der Waals surface area (Å²) >= 11 is 0. The van der Waals surface area contributed by atoms with E-state index in [2.05, 4.69) is 4.98 Å². The molecule has 0 saturated carbocycles. The fraction of sp³-hybridized carbons (Fsp3) is 0.250. The Bertz CT molecular complexity index is 540. The van der Waals surface area contributed by atoms with Crippen LogP contribution in [0.1, 0.15) is 24.2 Å². The highest BCUT2D eigenvalue weighted by atomic mass is 16.6. The summed E-state index contributed by atoms with van der Waals surface area (Å²) in [5.41, 5.74) is 0.250. The topological polar surface area (TPSA) is 102 Å². The van der Waals surface area contributed by atoms with Gasteiger partial charge in [-0.1, -0.05) is 12.1 Å². The molecule has 92 valence electrons. The summed E-state index contributed by atoms with van der Waals surface area (Å²) < 4.78 is 4.75. The Morgan fingerprint density at radius 1 is 1.56 bits per heavy atom. The molecular weight excluding hydrogens is 234 g/mol. The third-order valence-corrected chi connectivity index (χ3v) is 2.20. The molecule has 18 heavy (non-hydrogen) atoms. The second-order valence-electron chi connectivity index (χ2n) is 3.36. The van der Waals surface area contributed by atoms with E-state index in [1.54, 1.807) is 19.1 Å². The minimum absolute atomic E-state index is 0.163. The third kappa shape index (κ3) is 2.97. The van der Waals surface area contributed by atoms with E-state index >= 15 is 0 Å². The summed E-state index contributed by atoms with van der Waals surface area (Å²) in [6.07, 6.45) is -1.38. The minimum Gasteiger partial charge on any atom is -0.475 e. The highest BCUT2D eigenvalue weighted by molar-refractivity contribution is 5.37. The van der Waals surface area contributed by atoms with Crippen LogP contribution in [0.5, 0.6) is 0 Å². The van der Waals surface area contributed by atoms with Gasteiger partial charge in [0.05, 0.1) is 18.2 Å². The molecule has 0 aliphatic rings. The highest BCUT2D eigenvalue weighted by Crippen LogP contribution is 2.25. The van der Waals surface area contributed by atoms with Crippen molar-refractivity contribution in [3.63, 3.8) is 0 Å². The van der Waals surface area contributed by atoms with Crippen LogP contribution in [-0.2, 0) is 4.74 Å². The zero-order valence-electron chi connectivity index (χ0n) is 9.74. The molecular formula is C12H12N3O3+. The summed E-state index contributed by atoms with van der Waals surface area (Å²) in [6, 6.07) is 8.02. The average molecular weight is 246 g/mol. The molecule has 0 spiro atoms. The maximum atomic E-state index is 9.94. The van der Waals surface area contributed by atoms with Crippen LogP contribution in [0.25, 0.3) is 4.98 Å². The van der Waals surface area contributed by atoms with Crippen molar-refractivity contribution in [1.29, 1.82) is 10.7 Å². The van der Waals surface area contributed by atoms with Gasteiger partial charge in [0.1, 0.15) is 0 Å². The molecule has 1 rings (SSSR count). The van der Waals surface area contributed by atoms with Gasteiger partial charge in [0.25, 0.3) is 0 Å². The summed E-state index contributed by atoms with van der Waals surface area (Å²) in [6.45, 7) is 1.80. The highest BCUT2D eigenvalue weighted by Gasteiger charge is 2.32. The quantitative estimate of drug-likeness (QED) is 0.626. The zero-order chi connectivity index (χ0) is 13.5. The molecule has 0 heterocycles. The summed E-state index contributed by atoms with van der Waals surface area (Å²) in [4.78, 5) is 2.81. The fourth-order valence-corrected chi connectivity index (χ4v) is 1.36. The predicted octanol–water partition coefficient (Wildman–Crippen LogP) is 2.21. The molecule has 1 aromatic carbocycles. The van der Waals surface area contributed by atoms with Gasteiger partial charge in [0.15, 0.2) is 11.1 Å². The van der Waals surface area contributed by atoms with Crippen LogP contribution in [0.3, 0.4) is 0 Å². The normalized spacial score (nSPS) is 12.9. The van der Waals surface area contributed by atoms with E-state index in [1.165, 1.54) is 12.1 Å². The van der Waals surface area contributed by atoms with E-state index in [1.807, 2.05) is 6.07 Å². The number of hydrogen-bond donors (Lipinski definition) is 2. The number of nitrogens with zero attached hydrogens (tertiary/aromatic N) is 3. The van der Waals surface area contributed by atoms with Crippen LogP contribution < -0.4 is 0 Å². The van der Waals surface area contributed by atoms with Crippen molar-refractivity contribution in [2.24, 2.45) is 0 Å². The van der Waals surface area contributed by atoms with Gasteiger partial charge >= 0.3 is 11.6 Å². The second kappa shape index (κ2) is 6.24. The van der Waals surface area contributed by atoms with Crippen LogP contribution in [0.15, 0.2) is 35.9 Å². The van der Waals surface area contributed by atoms with Crippen molar-refractivity contribution >= 4 is 0 Å². The Morgan fingerprint density at radius 2 is 2.28 bits per heavy atom. The van der Waals surface area contributed by atoms with Crippen molar-refractivity contribution in [1.82, 2.24) is 0 Å². The van der Waals surface area contributed by atoms with Gasteiger partial charge in [0, 0.05) is 0 Å². The number of aliphatic hydroxyl groups excluding tert-OH is 2. The monoisotopic (exact) mass is 246 g/mol. The van der Waals surface area contributed by atoms with E-state index in [9.17, 15) is 10.2 Å². The Balaban J connectivity index is 3.12. The molecule has 0 aromatic heterocycles. The molecule has 0 amide bonds. The van der Waals surface area contributed by atoms with E-state index in [-0.39, 0.29) is 6.61 Å². The van der Waals surface area contributed by atoms with Crippen LogP contribution in [-0.4, -0.2) is 16.8 Å². The molecule has 0 aliphatic carbocycles. The van der Waals surface area contributed by atoms with E-state index in [4.69, 9.17) is 15.4 Å². The lowest BCUT2D eigenvalue weighted by Gasteiger charge is -2.05. The fourth-order valence-electron chi connectivity index (χ4n) is 1.36. The number of ether oxygens (including phenoxy) is 1. The van der Waals surface area contributed by atoms with Gasteiger partial charge in [-0.3, -0.25) is 0 Å². The smallest absolute Gasteiger partial charge is 0.472 e. The first kappa shape index (κ1) is 13.5. The SMILES string of the molecule is CCO/C(O)=C(\[N+]#N)C(O)c1cccc(C#N)c1. The first-order chi connectivity index (χ1) is 8.63. The van der Waals surface area contributed by atoms with E-state index < -0.39 is 17.7 Å². The van der Waals surface area contributed by atoms with Gasteiger partial charge in [-0.15, -0.1) is 0 Å². The lowest BCUT2D eigenvalue weighted by atomic mass is 10.0. The van der Waals surface area contributed by atoms with Gasteiger partial charge < -0.3 is 14.9 Å². The number of benzene rings is 1. The van der Waals surface area contributed by atoms with Crippen LogP contribution in [0.4, 0.5) is 0 Å². The molecule has 1 aromatic rings. The second-order valence-corrected chi connectivity index (χ2v) is 3.36. The number of rotatable bonds is 4. The van der Waals surface area contributed by atoms with Gasteiger partial charge in [-0.25, -0.2) is 0 Å². The Kier molecular flexibility index (Phi) is 4.67. The van der Waals surface area contributed by atoms with Gasteiger partial charge in [-0.05, 0) is 24.6 Å². The largest absolute Gasteiger partial charge is 0.475 e. The summed E-state index contributed by atoms with van der Waals surface area (Å²) in [5.74, 6) is -0.658. The molecule has 0 radical (unpaired) electrons. The Morgan fingerprint density at radius 3 is 2.83 bits per heavy atom. The summed E-state index contributed by atoms with van der Waals surface area (Å²) in [7, 11) is 0. The van der Waals surface area contributed by atoms with Gasteiger partial charge in [-0.2, -0.15) is 5.26 Å². The van der Waals surface area contributed by atoms with Crippen LogP contribution in [0, 0.1) is 16.7 Å². The first-order valence-corrected chi connectivity index (χ1v) is 5.23. The molecule has 0 fully saturated rings. The van der Waals surface area contributed by atoms with Crippen LogP contribution in [0.2, 0.25) is 0 Å². The first-order valence-electron chi connectivity index (χ1n) is 5.23. The molecule has 1 unspecified atom stereocenters. The molecule has 6 heteroatoms. The Hall–Kier alpha value is -2.57. The zero-order valence-corrected chi connectivity index (χ0v) is 9.74.